The number of hydrogen-bond donors (Lipinski definition) is 2. The molecule has 0 saturated carbocycles. The summed E-state index contributed by atoms with van der Waals surface area (Å²) in [6, 6.07) is 0.370. The van der Waals surface area contributed by atoms with Gasteiger partial charge in [0.05, 0.1) is 12.7 Å². The predicted molar refractivity (Wildman–Crippen MR) is 129 cm³/mol. The van der Waals surface area contributed by atoms with Crippen molar-refractivity contribution in [3.63, 3.8) is 0 Å². The summed E-state index contributed by atoms with van der Waals surface area (Å²) >= 11 is 0. The van der Waals surface area contributed by atoms with Gasteiger partial charge >= 0.3 is 0 Å². The lowest BCUT2D eigenvalue weighted by Gasteiger charge is -2.33. The highest BCUT2D eigenvalue weighted by atomic mass is 127. The molecular formula is C20H42IN5O3. The smallest absolute Gasteiger partial charge is 0.243 e. The van der Waals surface area contributed by atoms with Crippen LogP contribution in [0.3, 0.4) is 0 Å². The zero-order valence-electron chi connectivity index (χ0n) is 18.9. The third-order valence-corrected chi connectivity index (χ3v) is 4.62. The van der Waals surface area contributed by atoms with Gasteiger partial charge in [-0.15, -0.1) is 24.0 Å². The molecular weight excluding hydrogens is 485 g/mol. The number of carbonyl (C=O) groups is 1. The van der Waals surface area contributed by atoms with E-state index < -0.39 is 0 Å². The van der Waals surface area contributed by atoms with Crippen LogP contribution in [0.25, 0.3) is 0 Å². The largest absolute Gasteiger partial charge is 0.382 e. The van der Waals surface area contributed by atoms with E-state index in [0.29, 0.717) is 12.0 Å². The number of halogens is 1. The second-order valence-electron chi connectivity index (χ2n) is 7.61. The summed E-state index contributed by atoms with van der Waals surface area (Å²) in [5.74, 6) is 0.712. The van der Waals surface area contributed by atoms with Crippen LogP contribution in [0.15, 0.2) is 4.99 Å². The summed E-state index contributed by atoms with van der Waals surface area (Å²) in [6.45, 7) is 12.4. The van der Waals surface area contributed by atoms with Crippen LogP contribution in [0, 0.1) is 0 Å². The molecule has 0 aromatic heterocycles. The highest BCUT2D eigenvalue weighted by Crippen LogP contribution is 2.10. The van der Waals surface area contributed by atoms with Crippen molar-refractivity contribution in [2.45, 2.75) is 52.2 Å². The number of aliphatic imine (C=N–C) groups is 1. The minimum Gasteiger partial charge on any atom is -0.382 e. The average molecular weight is 527 g/mol. The summed E-state index contributed by atoms with van der Waals surface area (Å²) < 4.78 is 11.0. The predicted octanol–water partition coefficient (Wildman–Crippen LogP) is 1.54. The Bertz CT molecular complexity index is 455. The maximum atomic E-state index is 11.9. The molecule has 1 heterocycles. The highest BCUT2D eigenvalue weighted by Gasteiger charge is 2.20. The van der Waals surface area contributed by atoms with Crippen molar-refractivity contribution >= 4 is 35.8 Å². The highest BCUT2D eigenvalue weighted by molar-refractivity contribution is 14.0. The molecule has 172 valence electrons. The fraction of sp³-hybridized carbons (Fsp3) is 0.900. The quantitative estimate of drug-likeness (QED) is 0.174. The first-order valence-corrected chi connectivity index (χ1v) is 10.6. The lowest BCUT2D eigenvalue weighted by molar-refractivity contribution is -0.127. The molecule has 0 aromatic carbocycles. The van der Waals surface area contributed by atoms with Crippen LogP contribution in [-0.4, -0.2) is 100 Å². The number of likely N-dealkylation sites (N-methyl/N-ethyl adjacent to an activating group) is 1. The second-order valence-corrected chi connectivity index (χ2v) is 7.61. The molecule has 1 amide bonds. The number of amides is 1. The molecule has 0 aromatic rings. The molecule has 2 N–H and O–H groups in total. The number of nitrogens with one attached hydrogen (secondary N) is 2. The third-order valence-electron chi connectivity index (χ3n) is 4.62. The van der Waals surface area contributed by atoms with Gasteiger partial charge in [0.25, 0.3) is 0 Å². The zero-order chi connectivity index (χ0) is 20.8. The fourth-order valence-corrected chi connectivity index (χ4v) is 2.88. The molecule has 29 heavy (non-hydrogen) atoms. The number of ether oxygens (including phenoxy) is 2. The maximum absolute atomic E-state index is 11.9. The van der Waals surface area contributed by atoms with E-state index in [-0.39, 0.29) is 42.5 Å². The van der Waals surface area contributed by atoms with Crippen molar-refractivity contribution in [3.8, 4) is 0 Å². The summed E-state index contributed by atoms with van der Waals surface area (Å²) in [5, 5.41) is 6.84. The molecule has 1 fully saturated rings. The Balaban J connectivity index is 0.00000784. The minimum atomic E-state index is -0.00427. The zero-order valence-corrected chi connectivity index (χ0v) is 21.2. The molecule has 1 rings (SSSR count). The van der Waals surface area contributed by atoms with E-state index >= 15 is 0 Å². The maximum Gasteiger partial charge on any atom is 0.243 e. The molecule has 0 aliphatic carbocycles. The van der Waals surface area contributed by atoms with Gasteiger partial charge in [-0.25, -0.2) is 4.99 Å². The van der Waals surface area contributed by atoms with Gasteiger partial charge in [-0.05, 0) is 40.0 Å². The van der Waals surface area contributed by atoms with Gasteiger partial charge in [0.15, 0.2) is 5.96 Å². The van der Waals surface area contributed by atoms with Crippen molar-refractivity contribution in [1.29, 1.82) is 0 Å². The Kier molecular flexibility index (Phi) is 16.7. The van der Waals surface area contributed by atoms with Gasteiger partial charge in [-0.3, -0.25) is 4.79 Å². The summed E-state index contributed by atoms with van der Waals surface area (Å²) in [4.78, 5) is 20.4. The molecule has 9 heteroatoms. The number of hydrogen-bond acceptors (Lipinski definition) is 5. The summed E-state index contributed by atoms with van der Waals surface area (Å²) in [7, 11) is 3.50. The molecule has 1 saturated heterocycles. The van der Waals surface area contributed by atoms with Crippen LogP contribution in [0.4, 0.5) is 0 Å². The average Bonchev–Trinajstić information content (AvgIpc) is 2.66. The Labute approximate surface area is 194 Å². The molecule has 1 aliphatic rings. The van der Waals surface area contributed by atoms with Crippen LogP contribution in [0.1, 0.15) is 40.0 Å². The second kappa shape index (κ2) is 17.1. The van der Waals surface area contributed by atoms with Crippen molar-refractivity contribution in [3.05, 3.63) is 0 Å². The van der Waals surface area contributed by atoms with Crippen molar-refractivity contribution in [1.82, 2.24) is 20.4 Å². The molecule has 0 radical (unpaired) electrons. The van der Waals surface area contributed by atoms with Crippen molar-refractivity contribution in [2.75, 3.05) is 66.6 Å². The van der Waals surface area contributed by atoms with Gasteiger partial charge < -0.3 is 29.9 Å². The van der Waals surface area contributed by atoms with Gasteiger partial charge in [-0.2, -0.15) is 0 Å². The molecule has 8 nitrogen and oxygen atoms in total. The number of nitrogens with zero attached hydrogens (tertiary/aromatic N) is 3. The Morgan fingerprint density at radius 2 is 1.93 bits per heavy atom. The summed E-state index contributed by atoms with van der Waals surface area (Å²) in [5.41, 5.74) is 0. The van der Waals surface area contributed by atoms with Crippen LogP contribution < -0.4 is 10.6 Å². The minimum absolute atomic E-state index is 0. The van der Waals surface area contributed by atoms with E-state index in [4.69, 9.17) is 9.47 Å². The van der Waals surface area contributed by atoms with E-state index in [1.165, 1.54) is 0 Å². The Morgan fingerprint density at radius 1 is 1.24 bits per heavy atom. The molecule has 1 aliphatic heterocycles. The van der Waals surface area contributed by atoms with Gasteiger partial charge in [0.2, 0.25) is 5.91 Å². The lowest BCUT2D eigenvalue weighted by Crippen LogP contribution is -2.49. The van der Waals surface area contributed by atoms with Crippen molar-refractivity contribution in [2.24, 2.45) is 4.99 Å². The van der Waals surface area contributed by atoms with Crippen LogP contribution in [0.5, 0.6) is 0 Å². The van der Waals surface area contributed by atoms with E-state index in [1.54, 1.807) is 19.0 Å². The number of likely N-dealkylation sites (tertiary alicyclic amines) is 1. The number of carbonyl (C=O) groups excluding carboxylic acids is 1. The van der Waals surface area contributed by atoms with Crippen LogP contribution in [-0.2, 0) is 14.3 Å². The van der Waals surface area contributed by atoms with Gasteiger partial charge in [-0.1, -0.05) is 0 Å². The first kappa shape index (κ1) is 28.4. The van der Waals surface area contributed by atoms with Crippen molar-refractivity contribution < 1.29 is 14.3 Å². The Morgan fingerprint density at radius 3 is 2.52 bits per heavy atom. The fourth-order valence-electron chi connectivity index (χ4n) is 2.88. The first-order valence-electron chi connectivity index (χ1n) is 10.6. The van der Waals surface area contributed by atoms with E-state index in [1.807, 2.05) is 6.92 Å². The van der Waals surface area contributed by atoms with E-state index in [0.717, 1.165) is 65.3 Å². The van der Waals surface area contributed by atoms with E-state index in [2.05, 4.69) is 34.4 Å². The molecule has 0 atom stereocenters. The third kappa shape index (κ3) is 14.1. The number of rotatable bonds is 12. The SMILES string of the molecule is CCOCCCNC(=NCC(=O)N(C)C)NC1CCN(CCOC(C)C)CC1.I. The Hall–Kier alpha value is -0.650. The normalized spacial score (nSPS) is 15.9. The molecule has 0 unspecified atom stereocenters. The topological polar surface area (TPSA) is 78.4 Å². The lowest BCUT2D eigenvalue weighted by atomic mass is 10.1. The first-order chi connectivity index (χ1) is 13.4. The van der Waals surface area contributed by atoms with Crippen LogP contribution in [0.2, 0.25) is 0 Å². The number of guanidine groups is 1. The van der Waals surface area contributed by atoms with Gasteiger partial charge in [0.1, 0.15) is 6.54 Å². The van der Waals surface area contributed by atoms with E-state index in [9.17, 15) is 4.79 Å². The monoisotopic (exact) mass is 527 g/mol. The molecule has 0 bridgehead atoms. The molecule has 0 spiro atoms. The standard InChI is InChI=1S/C20H41N5O3.HI/c1-6-27-14-7-10-21-20(22-16-19(26)24(4)5)23-18-8-11-25(12-9-18)13-15-28-17(2)3;/h17-18H,6-16H2,1-5H3,(H2,21,22,23);1H. The van der Waals surface area contributed by atoms with Crippen LogP contribution >= 0.6 is 24.0 Å². The number of piperidine rings is 1. The summed E-state index contributed by atoms with van der Waals surface area (Å²) in [6.07, 6.45) is 3.31. The van der Waals surface area contributed by atoms with Gasteiger partial charge in [0, 0.05) is 59.5 Å².